The first kappa shape index (κ1) is 19.1. The third-order valence-corrected chi connectivity index (χ3v) is 6.63. The Kier molecular flexibility index (Phi) is 4.13. The molecular formula is C26H24N4O2. The van der Waals surface area contributed by atoms with E-state index in [0.29, 0.717) is 17.1 Å². The number of nitrogens with zero attached hydrogens (tertiary/aromatic N) is 2. The van der Waals surface area contributed by atoms with E-state index in [1.165, 1.54) is 11.1 Å². The molecule has 32 heavy (non-hydrogen) atoms. The maximum atomic E-state index is 13.1. The van der Waals surface area contributed by atoms with Gasteiger partial charge in [-0.1, -0.05) is 36.4 Å². The van der Waals surface area contributed by atoms with E-state index in [2.05, 4.69) is 58.3 Å². The molecule has 0 fully saturated rings. The van der Waals surface area contributed by atoms with Gasteiger partial charge in [-0.15, -0.1) is 0 Å². The van der Waals surface area contributed by atoms with Gasteiger partial charge in [0.1, 0.15) is 0 Å². The number of aromatic nitrogens is 2. The van der Waals surface area contributed by atoms with Gasteiger partial charge in [0.25, 0.3) is 11.8 Å². The van der Waals surface area contributed by atoms with Crippen LogP contribution < -0.4 is 5.32 Å². The Balaban J connectivity index is 1.58. The molecule has 1 unspecified atom stereocenters. The standard InChI is InChI=1S/C26H24N4O2/c1-29(2)12-15-10-16-6-5-8-18-20(14-30(13-15)24(16)18)23-22(25(31)28-26(23)32)19-11-27-21-9-4-3-7-17(19)21/h3-9,11,14-15,27H,10,12-13H2,1-2H3,(H,28,31,32). The molecule has 160 valence electrons. The molecule has 0 aliphatic carbocycles. The summed E-state index contributed by atoms with van der Waals surface area (Å²) in [6.07, 6.45) is 4.91. The van der Waals surface area contributed by atoms with E-state index in [0.717, 1.165) is 46.9 Å². The number of aromatic amines is 1. The summed E-state index contributed by atoms with van der Waals surface area (Å²) >= 11 is 0. The number of carbonyl (C=O) groups excluding carboxylic acids is 2. The number of rotatable bonds is 4. The van der Waals surface area contributed by atoms with Crippen LogP contribution in [0.1, 0.15) is 16.7 Å². The van der Waals surface area contributed by atoms with Crippen molar-refractivity contribution in [3.05, 3.63) is 71.5 Å². The largest absolute Gasteiger partial charge is 0.361 e. The number of hydrogen-bond donors (Lipinski definition) is 2. The van der Waals surface area contributed by atoms with Gasteiger partial charge in [0.15, 0.2) is 0 Å². The minimum Gasteiger partial charge on any atom is -0.361 e. The summed E-state index contributed by atoms with van der Waals surface area (Å²) in [5.74, 6) is -0.166. The molecule has 2 aromatic carbocycles. The van der Waals surface area contributed by atoms with E-state index in [4.69, 9.17) is 0 Å². The van der Waals surface area contributed by atoms with Crippen LogP contribution >= 0.6 is 0 Å². The van der Waals surface area contributed by atoms with Gasteiger partial charge in [-0.05, 0) is 38.1 Å². The van der Waals surface area contributed by atoms with Crippen molar-refractivity contribution in [2.24, 2.45) is 5.92 Å². The number of nitrogens with one attached hydrogen (secondary N) is 2. The van der Waals surface area contributed by atoms with Gasteiger partial charge < -0.3 is 14.5 Å². The van der Waals surface area contributed by atoms with Gasteiger partial charge in [0.2, 0.25) is 0 Å². The van der Waals surface area contributed by atoms with Crippen LogP contribution in [0, 0.1) is 5.92 Å². The number of hydrogen-bond acceptors (Lipinski definition) is 3. The fourth-order valence-electron chi connectivity index (χ4n) is 5.49. The normalized spacial score (nSPS) is 18.4. The first-order chi connectivity index (χ1) is 15.5. The molecule has 0 radical (unpaired) electrons. The van der Waals surface area contributed by atoms with Crippen molar-refractivity contribution in [1.29, 1.82) is 0 Å². The van der Waals surface area contributed by atoms with Gasteiger partial charge >= 0.3 is 0 Å². The lowest BCUT2D eigenvalue weighted by Crippen LogP contribution is -2.29. The third-order valence-electron chi connectivity index (χ3n) is 6.63. The number of benzene rings is 2. The van der Waals surface area contributed by atoms with Gasteiger partial charge in [-0.3, -0.25) is 14.9 Å². The topological polar surface area (TPSA) is 70.1 Å². The highest BCUT2D eigenvalue weighted by molar-refractivity contribution is 6.50. The molecule has 4 heterocycles. The second-order valence-electron chi connectivity index (χ2n) is 9.12. The molecule has 2 aliphatic rings. The number of H-pyrrole nitrogens is 1. The Bertz CT molecular complexity index is 1450. The van der Waals surface area contributed by atoms with Crippen LogP contribution in [0.5, 0.6) is 0 Å². The highest BCUT2D eigenvalue weighted by atomic mass is 16.2. The lowest BCUT2D eigenvalue weighted by Gasteiger charge is -2.27. The van der Waals surface area contributed by atoms with Crippen LogP contribution in [-0.4, -0.2) is 46.9 Å². The maximum absolute atomic E-state index is 13.1. The highest BCUT2D eigenvalue weighted by Gasteiger charge is 2.36. The summed E-state index contributed by atoms with van der Waals surface area (Å²) in [7, 11) is 4.20. The molecule has 0 bridgehead atoms. The SMILES string of the molecule is CN(C)CC1Cc2cccc3c(C4=C(c5c[nH]c6ccccc56)C(=O)NC4=O)cn(c23)C1. The molecule has 0 spiro atoms. The zero-order valence-electron chi connectivity index (χ0n) is 18.1. The predicted molar refractivity (Wildman–Crippen MR) is 126 cm³/mol. The zero-order valence-corrected chi connectivity index (χ0v) is 18.1. The Morgan fingerprint density at radius 3 is 2.53 bits per heavy atom. The summed E-state index contributed by atoms with van der Waals surface area (Å²) in [5, 5.41) is 4.51. The predicted octanol–water partition coefficient (Wildman–Crippen LogP) is 3.42. The minimum atomic E-state index is -0.341. The molecule has 2 N–H and O–H groups in total. The first-order valence-corrected chi connectivity index (χ1v) is 10.9. The van der Waals surface area contributed by atoms with Gasteiger partial charge in [0, 0.05) is 52.9 Å². The highest BCUT2D eigenvalue weighted by Crippen LogP contribution is 2.40. The smallest absolute Gasteiger partial charge is 0.259 e. The quantitative estimate of drug-likeness (QED) is 0.493. The lowest BCUT2D eigenvalue weighted by molar-refractivity contribution is -0.122. The van der Waals surface area contributed by atoms with Crippen molar-refractivity contribution >= 4 is 44.8 Å². The summed E-state index contributed by atoms with van der Waals surface area (Å²) in [6.45, 7) is 1.91. The van der Waals surface area contributed by atoms with Crippen LogP contribution in [0.25, 0.3) is 33.0 Å². The van der Waals surface area contributed by atoms with Crippen molar-refractivity contribution in [3.63, 3.8) is 0 Å². The Hall–Kier alpha value is -3.64. The van der Waals surface area contributed by atoms with Gasteiger partial charge in [-0.2, -0.15) is 0 Å². The minimum absolute atomic E-state index is 0.330. The van der Waals surface area contributed by atoms with E-state index >= 15 is 0 Å². The molecule has 2 aliphatic heterocycles. The average Bonchev–Trinajstić information content (AvgIpc) is 3.41. The van der Waals surface area contributed by atoms with E-state index in [-0.39, 0.29) is 11.8 Å². The van der Waals surface area contributed by atoms with E-state index in [1.807, 2.05) is 30.5 Å². The monoisotopic (exact) mass is 424 g/mol. The third kappa shape index (κ3) is 2.76. The van der Waals surface area contributed by atoms with Crippen LogP contribution in [0.4, 0.5) is 0 Å². The summed E-state index contributed by atoms with van der Waals surface area (Å²) < 4.78 is 2.27. The molecule has 1 atom stereocenters. The molecule has 6 heteroatoms. The molecule has 2 amide bonds. The molecule has 2 aromatic heterocycles. The van der Waals surface area contributed by atoms with Crippen LogP contribution in [-0.2, 0) is 22.6 Å². The number of imide groups is 1. The van der Waals surface area contributed by atoms with Gasteiger partial charge in [-0.25, -0.2) is 0 Å². The van der Waals surface area contributed by atoms with Crippen molar-refractivity contribution < 1.29 is 9.59 Å². The first-order valence-electron chi connectivity index (χ1n) is 10.9. The Labute approximate surface area is 185 Å². The van der Waals surface area contributed by atoms with Gasteiger partial charge in [0.05, 0.1) is 16.7 Å². The van der Waals surface area contributed by atoms with Crippen molar-refractivity contribution in [3.8, 4) is 0 Å². The van der Waals surface area contributed by atoms with Crippen molar-refractivity contribution in [1.82, 2.24) is 19.8 Å². The lowest BCUT2D eigenvalue weighted by atomic mass is 9.92. The van der Waals surface area contributed by atoms with E-state index in [1.54, 1.807) is 0 Å². The number of fused-ring (bicyclic) bond motifs is 1. The van der Waals surface area contributed by atoms with Crippen molar-refractivity contribution in [2.45, 2.75) is 13.0 Å². The molecule has 0 saturated heterocycles. The van der Waals surface area contributed by atoms with E-state index < -0.39 is 0 Å². The second-order valence-corrected chi connectivity index (χ2v) is 9.12. The number of amides is 2. The molecule has 6 rings (SSSR count). The Morgan fingerprint density at radius 1 is 0.969 bits per heavy atom. The molecule has 4 aromatic rings. The number of para-hydroxylation sites is 2. The van der Waals surface area contributed by atoms with Crippen molar-refractivity contribution in [2.75, 3.05) is 20.6 Å². The molecule has 0 saturated carbocycles. The second kappa shape index (κ2) is 6.93. The van der Waals surface area contributed by atoms with E-state index in [9.17, 15) is 9.59 Å². The average molecular weight is 425 g/mol. The number of carbonyl (C=O) groups is 2. The zero-order chi connectivity index (χ0) is 22.0. The fourth-order valence-corrected chi connectivity index (χ4v) is 5.49. The van der Waals surface area contributed by atoms with Crippen LogP contribution in [0.15, 0.2) is 54.9 Å². The Morgan fingerprint density at radius 2 is 1.72 bits per heavy atom. The van der Waals surface area contributed by atoms with Crippen LogP contribution in [0.2, 0.25) is 0 Å². The summed E-state index contributed by atoms with van der Waals surface area (Å²) in [4.78, 5) is 31.5. The van der Waals surface area contributed by atoms with Crippen LogP contribution in [0.3, 0.4) is 0 Å². The molecule has 6 nitrogen and oxygen atoms in total. The summed E-state index contributed by atoms with van der Waals surface area (Å²) in [5.41, 5.74) is 5.91. The fraction of sp³-hybridized carbons (Fsp3) is 0.231. The maximum Gasteiger partial charge on any atom is 0.259 e. The summed E-state index contributed by atoms with van der Waals surface area (Å²) in [6, 6.07) is 14.1. The molecular weight excluding hydrogens is 400 g/mol.